The molecule has 0 amide bonds. The normalized spacial score (nSPS) is 11.9. The number of unbranched alkanes of at least 4 members (excludes halogenated alkanes) is 1. The molecule has 0 bridgehead atoms. The number of hydrogen-bond donors (Lipinski definition) is 1. The Morgan fingerprint density at radius 1 is 1.28 bits per heavy atom. The maximum atomic E-state index is 11.5. The van der Waals surface area contributed by atoms with Gasteiger partial charge in [0.1, 0.15) is 25.0 Å². The van der Waals surface area contributed by atoms with Crippen molar-refractivity contribution < 1.29 is 14.3 Å². The van der Waals surface area contributed by atoms with Crippen LogP contribution in [0.1, 0.15) is 26.2 Å². The van der Waals surface area contributed by atoms with Crippen LogP contribution in [0.4, 0.5) is 0 Å². The highest BCUT2D eigenvalue weighted by molar-refractivity contribution is 5.75. The molecule has 0 fully saturated rings. The summed E-state index contributed by atoms with van der Waals surface area (Å²) in [6.07, 6.45) is 2.64. The summed E-state index contributed by atoms with van der Waals surface area (Å²) in [5.41, 5.74) is 5.68. The second-order valence-electron chi connectivity index (χ2n) is 4.08. The Hall–Kier alpha value is -1.55. The van der Waals surface area contributed by atoms with Crippen molar-refractivity contribution >= 4 is 5.97 Å². The van der Waals surface area contributed by atoms with Gasteiger partial charge in [-0.3, -0.25) is 4.79 Å². The van der Waals surface area contributed by atoms with Crippen molar-refractivity contribution in [3.05, 3.63) is 30.3 Å². The largest absolute Gasteiger partial charge is 0.490 e. The van der Waals surface area contributed by atoms with Crippen LogP contribution in [0.5, 0.6) is 5.75 Å². The Morgan fingerprint density at radius 2 is 2.00 bits per heavy atom. The minimum atomic E-state index is -0.512. The molecule has 0 heterocycles. The predicted molar refractivity (Wildman–Crippen MR) is 70.4 cm³/mol. The maximum Gasteiger partial charge on any atom is 0.323 e. The van der Waals surface area contributed by atoms with Crippen molar-refractivity contribution in [2.24, 2.45) is 5.73 Å². The van der Waals surface area contributed by atoms with Crippen LogP contribution >= 0.6 is 0 Å². The lowest BCUT2D eigenvalue weighted by Gasteiger charge is -2.11. The van der Waals surface area contributed by atoms with Gasteiger partial charge in [-0.25, -0.2) is 0 Å². The van der Waals surface area contributed by atoms with E-state index in [0.717, 1.165) is 18.6 Å². The predicted octanol–water partition coefficient (Wildman–Crippen LogP) is 2.13. The van der Waals surface area contributed by atoms with E-state index < -0.39 is 6.04 Å². The van der Waals surface area contributed by atoms with Crippen molar-refractivity contribution in [2.75, 3.05) is 13.2 Å². The van der Waals surface area contributed by atoms with E-state index in [2.05, 4.69) is 6.92 Å². The van der Waals surface area contributed by atoms with Crippen molar-refractivity contribution in [3.8, 4) is 5.75 Å². The van der Waals surface area contributed by atoms with Crippen LogP contribution in [-0.4, -0.2) is 25.2 Å². The van der Waals surface area contributed by atoms with Crippen LogP contribution in [0.15, 0.2) is 30.3 Å². The number of benzene rings is 1. The molecular weight excluding hydrogens is 230 g/mol. The molecule has 1 aromatic carbocycles. The van der Waals surface area contributed by atoms with Gasteiger partial charge in [0.05, 0.1) is 0 Å². The lowest BCUT2D eigenvalue weighted by atomic mass is 10.1. The Bertz CT molecular complexity index is 340. The molecule has 0 aliphatic heterocycles. The summed E-state index contributed by atoms with van der Waals surface area (Å²) >= 11 is 0. The van der Waals surface area contributed by atoms with Gasteiger partial charge in [0.15, 0.2) is 0 Å². The van der Waals surface area contributed by atoms with Gasteiger partial charge >= 0.3 is 5.97 Å². The standard InChI is InChI=1S/C14H21NO3/c1-2-3-9-13(15)14(16)18-11-10-17-12-7-5-4-6-8-12/h4-8,13H,2-3,9-11,15H2,1H3. The summed E-state index contributed by atoms with van der Waals surface area (Å²) in [4.78, 5) is 11.5. The zero-order valence-electron chi connectivity index (χ0n) is 10.8. The Kier molecular flexibility index (Phi) is 6.87. The van der Waals surface area contributed by atoms with Gasteiger partial charge in [0.2, 0.25) is 0 Å². The number of carbonyl (C=O) groups excluding carboxylic acids is 1. The summed E-state index contributed by atoms with van der Waals surface area (Å²) < 4.78 is 10.4. The van der Waals surface area contributed by atoms with Gasteiger partial charge in [-0.05, 0) is 18.6 Å². The highest BCUT2D eigenvalue weighted by Gasteiger charge is 2.13. The molecule has 2 N–H and O–H groups in total. The number of rotatable bonds is 8. The molecule has 0 aliphatic rings. The van der Waals surface area contributed by atoms with Gasteiger partial charge < -0.3 is 15.2 Å². The highest BCUT2D eigenvalue weighted by Crippen LogP contribution is 2.07. The SMILES string of the molecule is CCCCC(N)C(=O)OCCOc1ccccc1. The third-order valence-corrected chi connectivity index (χ3v) is 2.51. The smallest absolute Gasteiger partial charge is 0.323 e. The summed E-state index contributed by atoms with van der Waals surface area (Å²) in [6.45, 7) is 2.63. The van der Waals surface area contributed by atoms with E-state index in [4.69, 9.17) is 15.2 Å². The van der Waals surface area contributed by atoms with E-state index in [-0.39, 0.29) is 12.6 Å². The quantitative estimate of drug-likeness (QED) is 0.568. The van der Waals surface area contributed by atoms with Crippen LogP contribution in [-0.2, 0) is 9.53 Å². The summed E-state index contributed by atoms with van der Waals surface area (Å²) in [5.74, 6) is 0.420. The summed E-state index contributed by atoms with van der Waals surface area (Å²) in [6, 6.07) is 8.90. The first-order chi connectivity index (χ1) is 8.74. The highest BCUT2D eigenvalue weighted by atomic mass is 16.6. The van der Waals surface area contributed by atoms with Crippen LogP contribution in [0, 0.1) is 0 Å². The lowest BCUT2D eigenvalue weighted by molar-refractivity contribution is -0.146. The fourth-order valence-corrected chi connectivity index (χ4v) is 1.47. The number of nitrogens with two attached hydrogens (primary N) is 1. The minimum absolute atomic E-state index is 0.230. The molecule has 4 nitrogen and oxygen atoms in total. The zero-order chi connectivity index (χ0) is 13.2. The average Bonchev–Trinajstić information content (AvgIpc) is 2.41. The van der Waals surface area contributed by atoms with Crippen LogP contribution in [0.25, 0.3) is 0 Å². The van der Waals surface area contributed by atoms with Gasteiger partial charge in [-0.2, -0.15) is 0 Å². The molecule has 1 atom stereocenters. The summed E-state index contributed by atoms with van der Waals surface area (Å²) in [5, 5.41) is 0. The second kappa shape index (κ2) is 8.53. The molecule has 100 valence electrons. The Morgan fingerprint density at radius 3 is 2.67 bits per heavy atom. The molecule has 1 unspecified atom stereocenters. The monoisotopic (exact) mass is 251 g/mol. The molecule has 18 heavy (non-hydrogen) atoms. The topological polar surface area (TPSA) is 61.6 Å². The lowest BCUT2D eigenvalue weighted by Crippen LogP contribution is -2.33. The molecule has 1 rings (SSSR count). The molecular formula is C14H21NO3. The Labute approximate surface area is 108 Å². The first-order valence-corrected chi connectivity index (χ1v) is 6.34. The molecule has 4 heteroatoms. The zero-order valence-corrected chi connectivity index (χ0v) is 10.8. The molecule has 0 aromatic heterocycles. The van der Waals surface area contributed by atoms with Gasteiger partial charge in [0, 0.05) is 0 Å². The van der Waals surface area contributed by atoms with E-state index in [1.807, 2.05) is 30.3 Å². The third-order valence-electron chi connectivity index (χ3n) is 2.51. The van der Waals surface area contributed by atoms with E-state index >= 15 is 0 Å². The fraction of sp³-hybridized carbons (Fsp3) is 0.500. The molecule has 0 spiro atoms. The number of esters is 1. The average molecular weight is 251 g/mol. The molecule has 0 radical (unpaired) electrons. The number of para-hydroxylation sites is 1. The van der Waals surface area contributed by atoms with Gasteiger partial charge in [-0.1, -0.05) is 38.0 Å². The first-order valence-electron chi connectivity index (χ1n) is 6.34. The molecule has 0 saturated heterocycles. The van der Waals surface area contributed by atoms with Crippen molar-refractivity contribution in [1.82, 2.24) is 0 Å². The van der Waals surface area contributed by atoms with Crippen LogP contribution in [0.2, 0.25) is 0 Å². The van der Waals surface area contributed by atoms with Crippen molar-refractivity contribution in [1.29, 1.82) is 0 Å². The van der Waals surface area contributed by atoms with Crippen molar-refractivity contribution in [2.45, 2.75) is 32.2 Å². The van der Waals surface area contributed by atoms with Gasteiger partial charge in [0.25, 0.3) is 0 Å². The molecule has 0 saturated carbocycles. The fourth-order valence-electron chi connectivity index (χ4n) is 1.47. The third kappa shape index (κ3) is 5.68. The van der Waals surface area contributed by atoms with E-state index in [1.165, 1.54) is 0 Å². The molecule has 1 aromatic rings. The van der Waals surface area contributed by atoms with Crippen molar-refractivity contribution in [3.63, 3.8) is 0 Å². The van der Waals surface area contributed by atoms with E-state index in [9.17, 15) is 4.79 Å². The maximum absolute atomic E-state index is 11.5. The number of ether oxygens (including phenoxy) is 2. The van der Waals surface area contributed by atoms with E-state index in [1.54, 1.807) is 0 Å². The van der Waals surface area contributed by atoms with Crippen LogP contribution < -0.4 is 10.5 Å². The molecule has 0 aliphatic carbocycles. The number of hydrogen-bond acceptors (Lipinski definition) is 4. The van der Waals surface area contributed by atoms with E-state index in [0.29, 0.717) is 13.0 Å². The Balaban J connectivity index is 2.12. The second-order valence-corrected chi connectivity index (χ2v) is 4.08. The first kappa shape index (κ1) is 14.5. The van der Waals surface area contributed by atoms with Crippen LogP contribution in [0.3, 0.4) is 0 Å². The minimum Gasteiger partial charge on any atom is -0.490 e. The summed E-state index contributed by atoms with van der Waals surface area (Å²) in [7, 11) is 0. The van der Waals surface area contributed by atoms with Gasteiger partial charge in [-0.15, -0.1) is 0 Å². The number of carbonyl (C=O) groups is 1.